The van der Waals surface area contributed by atoms with E-state index in [1.807, 2.05) is 0 Å². The number of amides is 1. The maximum atomic E-state index is 14.8. The fraction of sp³-hybridized carbons (Fsp3) is 0.261. The van der Waals surface area contributed by atoms with E-state index in [4.69, 9.17) is 20.7 Å². The number of halogens is 5. The van der Waals surface area contributed by atoms with Gasteiger partial charge in [-0.2, -0.15) is 13.2 Å². The van der Waals surface area contributed by atoms with Gasteiger partial charge in [-0.3, -0.25) is 9.59 Å². The van der Waals surface area contributed by atoms with Crippen molar-refractivity contribution in [1.29, 1.82) is 0 Å². The third-order valence-corrected chi connectivity index (χ3v) is 5.56. The third kappa shape index (κ3) is 7.99. The molecule has 3 aromatic rings. The first-order valence-electron chi connectivity index (χ1n) is 10.7. The van der Waals surface area contributed by atoms with Crippen molar-refractivity contribution in [3.8, 4) is 16.9 Å². The molecule has 0 aliphatic carbocycles. The van der Waals surface area contributed by atoms with Gasteiger partial charge in [-0.05, 0) is 44.2 Å². The number of hydrogen-bond donors (Lipinski definition) is 3. The van der Waals surface area contributed by atoms with E-state index in [0.717, 1.165) is 10.0 Å². The van der Waals surface area contributed by atoms with Gasteiger partial charge in [0, 0.05) is 34.4 Å². The molecule has 0 atom stereocenters. The van der Waals surface area contributed by atoms with Crippen LogP contribution < -0.4 is 5.73 Å². The highest BCUT2D eigenvalue weighted by molar-refractivity contribution is 9.10. The third-order valence-electron chi connectivity index (χ3n) is 4.90. The number of carboxylic acids is 2. The lowest BCUT2D eigenvalue weighted by Crippen LogP contribution is -2.39. The second-order valence-electron chi connectivity index (χ2n) is 7.99. The van der Waals surface area contributed by atoms with Crippen LogP contribution in [0.15, 0.2) is 47.1 Å². The predicted octanol–water partition coefficient (Wildman–Crippen LogP) is 4.38. The van der Waals surface area contributed by atoms with Crippen molar-refractivity contribution in [1.82, 2.24) is 19.9 Å². The van der Waals surface area contributed by atoms with Gasteiger partial charge < -0.3 is 20.8 Å². The van der Waals surface area contributed by atoms with Crippen molar-refractivity contribution in [2.24, 2.45) is 0 Å². The highest BCUT2D eigenvalue weighted by Crippen LogP contribution is 2.29. The summed E-state index contributed by atoms with van der Waals surface area (Å²) >= 11 is 3.44. The van der Waals surface area contributed by atoms with Gasteiger partial charge >= 0.3 is 18.1 Å². The highest BCUT2D eigenvalue weighted by Gasteiger charge is 2.38. The molecule has 1 amide bonds. The molecule has 3 rings (SSSR count). The van der Waals surface area contributed by atoms with E-state index >= 15 is 0 Å². The van der Waals surface area contributed by atoms with Crippen LogP contribution in [0.4, 0.5) is 23.2 Å². The topological polar surface area (TPSA) is 152 Å². The predicted molar refractivity (Wildman–Crippen MR) is 131 cm³/mol. The number of hydrogen-bond acceptors (Lipinski definition) is 6. The highest BCUT2D eigenvalue weighted by atomic mass is 79.9. The Labute approximate surface area is 221 Å². The molecule has 204 valence electrons. The Hall–Kier alpha value is -4.01. The maximum absolute atomic E-state index is 14.8. The van der Waals surface area contributed by atoms with Crippen molar-refractivity contribution in [3.63, 3.8) is 0 Å². The molecule has 10 nitrogen and oxygen atoms in total. The molecule has 0 saturated heterocycles. The van der Waals surface area contributed by atoms with Crippen molar-refractivity contribution < 1.29 is 42.2 Å². The molecule has 4 N–H and O–H groups in total. The summed E-state index contributed by atoms with van der Waals surface area (Å²) in [6, 6.07) is 9.13. The first-order chi connectivity index (χ1) is 17.6. The van der Waals surface area contributed by atoms with Crippen LogP contribution in [0.25, 0.3) is 16.9 Å². The summed E-state index contributed by atoms with van der Waals surface area (Å²) in [6.07, 6.45) is -3.66. The van der Waals surface area contributed by atoms with Crippen molar-refractivity contribution in [2.75, 3.05) is 12.3 Å². The van der Waals surface area contributed by atoms with E-state index in [-0.39, 0.29) is 24.6 Å². The maximum Gasteiger partial charge on any atom is 0.490 e. The van der Waals surface area contributed by atoms with Crippen LogP contribution in [0.5, 0.6) is 0 Å². The average Bonchev–Trinajstić information content (AvgIpc) is 3.28. The minimum Gasteiger partial charge on any atom is -0.481 e. The van der Waals surface area contributed by atoms with Crippen molar-refractivity contribution in [2.45, 2.75) is 32.5 Å². The first-order valence-corrected chi connectivity index (χ1v) is 11.5. The molecule has 1 aromatic heterocycles. The number of aliphatic carboxylic acids is 2. The molecule has 0 aliphatic heterocycles. The number of nitrogens with two attached hydrogens (primary N) is 1. The van der Waals surface area contributed by atoms with Gasteiger partial charge in [0.1, 0.15) is 11.5 Å². The standard InChI is InChI=1S/C21H21BrFN5O3.C2HF3O2/c1-12(2)27(8-7-20(29)30)21(31)16-6-4-14(10-18(16)23)28-11-19(25-26-28)15-5-3-13(24)9-17(15)22;3-2(4,5)1(6)7/h3-6,9-12H,7-8,24H2,1-2H3,(H,29,30);(H,6,7). The second kappa shape index (κ2) is 12.5. The fourth-order valence-corrected chi connectivity index (χ4v) is 3.64. The van der Waals surface area contributed by atoms with Gasteiger partial charge in [0.05, 0.1) is 23.9 Å². The lowest BCUT2D eigenvalue weighted by molar-refractivity contribution is -0.192. The number of nitrogens with zero attached hydrogens (tertiary/aromatic N) is 4. The first kappa shape index (κ1) is 30.2. The van der Waals surface area contributed by atoms with Crippen LogP contribution in [0.3, 0.4) is 0 Å². The Morgan fingerprint density at radius 3 is 2.26 bits per heavy atom. The number of carbonyl (C=O) groups is 3. The quantitative estimate of drug-likeness (QED) is 0.266. The monoisotopic (exact) mass is 603 g/mol. The molecule has 0 aliphatic rings. The van der Waals surface area contributed by atoms with Gasteiger partial charge in [0.15, 0.2) is 0 Å². The number of alkyl halides is 3. The summed E-state index contributed by atoms with van der Waals surface area (Å²) in [5.41, 5.74) is 7.95. The molecule has 0 spiro atoms. The van der Waals surface area contributed by atoms with Crippen LogP contribution in [0.2, 0.25) is 0 Å². The number of carbonyl (C=O) groups excluding carboxylic acids is 1. The summed E-state index contributed by atoms with van der Waals surface area (Å²) in [5, 5.41) is 24.2. The number of aromatic nitrogens is 3. The molecule has 2 aromatic carbocycles. The summed E-state index contributed by atoms with van der Waals surface area (Å²) in [5.74, 6) is -5.07. The largest absolute Gasteiger partial charge is 0.490 e. The molecular weight excluding hydrogens is 582 g/mol. The molecule has 15 heteroatoms. The molecule has 1 heterocycles. The minimum atomic E-state index is -5.08. The molecule has 38 heavy (non-hydrogen) atoms. The summed E-state index contributed by atoms with van der Waals surface area (Å²) in [6.45, 7) is 3.49. The van der Waals surface area contributed by atoms with E-state index in [1.54, 1.807) is 44.3 Å². The van der Waals surface area contributed by atoms with E-state index in [1.165, 1.54) is 21.7 Å². The van der Waals surface area contributed by atoms with Gasteiger partial charge in [0.25, 0.3) is 5.91 Å². The van der Waals surface area contributed by atoms with E-state index in [2.05, 4.69) is 26.2 Å². The Balaban J connectivity index is 0.000000638. The molecule has 0 unspecified atom stereocenters. The number of nitrogen functional groups attached to an aromatic ring is 1. The lowest BCUT2D eigenvalue weighted by Gasteiger charge is -2.26. The molecule has 0 fully saturated rings. The van der Waals surface area contributed by atoms with Crippen LogP contribution in [-0.2, 0) is 9.59 Å². The number of rotatable bonds is 7. The summed E-state index contributed by atoms with van der Waals surface area (Å²) in [4.78, 5) is 33.9. The number of benzene rings is 2. The SMILES string of the molecule is CC(C)N(CCC(=O)O)C(=O)c1ccc(-n2cc(-c3ccc(N)cc3Br)nn2)cc1F.O=C(O)C(F)(F)F. The van der Waals surface area contributed by atoms with Crippen LogP contribution in [0.1, 0.15) is 30.6 Å². The second-order valence-corrected chi connectivity index (χ2v) is 8.85. The van der Waals surface area contributed by atoms with E-state index in [0.29, 0.717) is 17.1 Å². The number of carboxylic acid groups (broad SMARTS) is 2. The van der Waals surface area contributed by atoms with E-state index in [9.17, 15) is 27.2 Å². The van der Waals surface area contributed by atoms with Crippen molar-refractivity contribution >= 4 is 39.5 Å². The van der Waals surface area contributed by atoms with Gasteiger partial charge in [-0.15, -0.1) is 5.10 Å². The van der Waals surface area contributed by atoms with Gasteiger partial charge in [-0.25, -0.2) is 13.9 Å². The van der Waals surface area contributed by atoms with Crippen LogP contribution in [-0.4, -0.2) is 66.7 Å². The molecule has 0 radical (unpaired) electrons. The van der Waals surface area contributed by atoms with Gasteiger partial charge in [-0.1, -0.05) is 21.1 Å². The smallest absolute Gasteiger partial charge is 0.481 e. The lowest BCUT2D eigenvalue weighted by atomic mass is 10.1. The Morgan fingerprint density at radius 2 is 1.76 bits per heavy atom. The normalized spacial score (nSPS) is 11.1. The Kier molecular flexibility index (Phi) is 9.93. The average molecular weight is 604 g/mol. The fourth-order valence-electron chi connectivity index (χ4n) is 3.04. The zero-order valence-electron chi connectivity index (χ0n) is 19.9. The van der Waals surface area contributed by atoms with Gasteiger partial charge in [0.2, 0.25) is 0 Å². The van der Waals surface area contributed by atoms with Crippen molar-refractivity contribution in [3.05, 3.63) is 58.4 Å². The van der Waals surface area contributed by atoms with Crippen LogP contribution in [0, 0.1) is 5.82 Å². The Bertz CT molecular complexity index is 1330. The molecular formula is C23H22BrF4N5O5. The molecule has 0 saturated carbocycles. The van der Waals surface area contributed by atoms with E-state index < -0.39 is 29.8 Å². The zero-order chi connectivity index (χ0) is 28.8. The minimum absolute atomic E-state index is 0.00404. The van der Waals surface area contributed by atoms with Crippen LogP contribution >= 0.6 is 15.9 Å². The Morgan fingerprint density at radius 1 is 1.13 bits per heavy atom. The molecule has 0 bridgehead atoms. The summed E-state index contributed by atoms with van der Waals surface area (Å²) in [7, 11) is 0. The zero-order valence-corrected chi connectivity index (χ0v) is 21.5. The number of anilines is 1. The summed E-state index contributed by atoms with van der Waals surface area (Å²) < 4.78 is 48.7.